The summed E-state index contributed by atoms with van der Waals surface area (Å²) in [6, 6.07) is 12.5. The molecular weight excluding hydrogens is 407 g/mol. The molecule has 0 bridgehead atoms. The number of nitrogens with zero attached hydrogens (tertiary/aromatic N) is 1. The number of carbonyl (C=O) groups excluding carboxylic acids is 2. The van der Waals surface area contributed by atoms with E-state index < -0.39 is 6.04 Å². The van der Waals surface area contributed by atoms with Crippen molar-refractivity contribution in [3.05, 3.63) is 69.2 Å². The minimum atomic E-state index is -0.627. The number of benzene rings is 2. The van der Waals surface area contributed by atoms with Crippen molar-refractivity contribution in [2.24, 2.45) is 0 Å². The number of hydrogen-bond donors (Lipinski definition) is 1. The fraction of sp³-hybridized carbons (Fsp3) is 0.391. The molecule has 0 aliphatic rings. The molecule has 0 saturated carbocycles. The second kappa shape index (κ2) is 10.7. The molecule has 0 spiro atoms. The van der Waals surface area contributed by atoms with E-state index in [1.807, 2.05) is 45.0 Å². The quantitative estimate of drug-likeness (QED) is 0.622. The summed E-state index contributed by atoms with van der Waals surface area (Å²) in [6.07, 6.45) is 0.852. The van der Waals surface area contributed by atoms with Crippen LogP contribution in [-0.2, 0) is 22.6 Å². The van der Waals surface area contributed by atoms with Gasteiger partial charge in [0.2, 0.25) is 11.8 Å². The third-order valence-electron chi connectivity index (χ3n) is 4.99. The topological polar surface area (TPSA) is 49.4 Å². The Kier molecular flexibility index (Phi) is 8.54. The van der Waals surface area contributed by atoms with Gasteiger partial charge in [-0.3, -0.25) is 9.59 Å². The molecule has 0 aliphatic carbocycles. The number of carbonyl (C=O) groups is 2. The molecule has 0 unspecified atom stereocenters. The molecule has 1 N–H and O–H groups in total. The standard InChI is InChI=1S/C23H28Cl2N2O2/c1-5-16(3)26-23(29)17(4)27(14-18-9-6-8-15(2)12-18)22(28)13-19-20(24)10-7-11-21(19)25/h6-12,16-17H,5,13-14H2,1-4H3,(H,26,29)/t16-,17-/m1/s1. The van der Waals surface area contributed by atoms with Gasteiger partial charge in [0.1, 0.15) is 6.04 Å². The van der Waals surface area contributed by atoms with Gasteiger partial charge in [0, 0.05) is 22.6 Å². The highest BCUT2D eigenvalue weighted by molar-refractivity contribution is 6.36. The molecule has 0 fully saturated rings. The molecule has 0 radical (unpaired) electrons. The lowest BCUT2D eigenvalue weighted by molar-refractivity contribution is -0.140. The normalized spacial score (nSPS) is 12.9. The van der Waals surface area contributed by atoms with Crippen LogP contribution in [0.5, 0.6) is 0 Å². The Hall–Kier alpha value is -2.04. The van der Waals surface area contributed by atoms with E-state index in [0.717, 1.165) is 17.5 Å². The number of aryl methyl sites for hydroxylation is 1. The van der Waals surface area contributed by atoms with Gasteiger partial charge in [-0.2, -0.15) is 0 Å². The predicted octanol–water partition coefficient (Wildman–Crippen LogP) is 5.18. The summed E-state index contributed by atoms with van der Waals surface area (Å²) in [4.78, 5) is 27.6. The highest BCUT2D eigenvalue weighted by atomic mass is 35.5. The first-order chi connectivity index (χ1) is 13.7. The van der Waals surface area contributed by atoms with Gasteiger partial charge in [-0.25, -0.2) is 0 Å². The zero-order chi connectivity index (χ0) is 21.6. The molecule has 2 aromatic carbocycles. The van der Waals surface area contributed by atoms with Crippen molar-refractivity contribution >= 4 is 35.0 Å². The molecular formula is C23H28Cl2N2O2. The molecule has 0 saturated heterocycles. The SMILES string of the molecule is CC[C@@H](C)NC(=O)[C@@H](C)N(Cc1cccc(C)c1)C(=O)Cc1c(Cl)cccc1Cl. The van der Waals surface area contributed by atoms with E-state index in [1.165, 1.54) is 0 Å². The minimum absolute atomic E-state index is 0.0330. The van der Waals surface area contributed by atoms with E-state index in [-0.39, 0.29) is 24.3 Å². The van der Waals surface area contributed by atoms with E-state index in [2.05, 4.69) is 5.32 Å². The Labute approximate surface area is 183 Å². The molecule has 2 atom stereocenters. The van der Waals surface area contributed by atoms with E-state index in [4.69, 9.17) is 23.2 Å². The van der Waals surface area contributed by atoms with Gasteiger partial charge < -0.3 is 10.2 Å². The molecule has 0 aromatic heterocycles. The van der Waals surface area contributed by atoms with Crippen molar-refractivity contribution in [2.75, 3.05) is 0 Å². The first kappa shape index (κ1) is 23.2. The summed E-state index contributed by atoms with van der Waals surface area (Å²) in [7, 11) is 0. The van der Waals surface area contributed by atoms with Crippen molar-refractivity contribution in [3.8, 4) is 0 Å². The summed E-state index contributed by atoms with van der Waals surface area (Å²) in [5.41, 5.74) is 2.64. The van der Waals surface area contributed by atoms with E-state index in [1.54, 1.807) is 30.0 Å². The second-order valence-electron chi connectivity index (χ2n) is 7.38. The van der Waals surface area contributed by atoms with Crippen LogP contribution in [0, 0.1) is 6.92 Å². The third-order valence-corrected chi connectivity index (χ3v) is 5.70. The lowest BCUT2D eigenvalue weighted by Gasteiger charge is -2.30. The van der Waals surface area contributed by atoms with Gasteiger partial charge in [0.25, 0.3) is 0 Å². The summed E-state index contributed by atoms with van der Waals surface area (Å²) < 4.78 is 0. The number of amides is 2. The van der Waals surface area contributed by atoms with Gasteiger partial charge in [0.05, 0.1) is 6.42 Å². The van der Waals surface area contributed by atoms with Crippen molar-refractivity contribution in [2.45, 2.75) is 59.2 Å². The highest BCUT2D eigenvalue weighted by Gasteiger charge is 2.27. The van der Waals surface area contributed by atoms with Crippen LogP contribution >= 0.6 is 23.2 Å². The maximum atomic E-state index is 13.2. The monoisotopic (exact) mass is 434 g/mol. The van der Waals surface area contributed by atoms with Crippen LogP contribution in [0.3, 0.4) is 0 Å². The summed E-state index contributed by atoms with van der Waals surface area (Å²) in [6.45, 7) is 8.03. The molecule has 2 aromatic rings. The van der Waals surface area contributed by atoms with Crippen LogP contribution in [-0.4, -0.2) is 28.8 Å². The lowest BCUT2D eigenvalue weighted by Crippen LogP contribution is -2.49. The fourth-order valence-electron chi connectivity index (χ4n) is 3.01. The molecule has 156 valence electrons. The largest absolute Gasteiger partial charge is 0.352 e. The highest BCUT2D eigenvalue weighted by Crippen LogP contribution is 2.26. The zero-order valence-corrected chi connectivity index (χ0v) is 18.8. The fourth-order valence-corrected chi connectivity index (χ4v) is 3.54. The third kappa shape index (κ3) is 6.48. The number of hydrogen-bond acceptors (Lipinski definition) is 2. The number of nitrogens with one attached hydrogen (secondary N) is 1. The van der Waals surface area contributed by atoms with Gasteiger partial charge in [0.15, 0.2) is 0 Å². The Balaban J connectivity index is 2.29. The van der Waals surface area contributed by atoms with E-state index in [9.17, 15) is 9.59 Å². The average Bonchev–Trinajstić information content (AvgIpc) is 2.68. The summed E-state index contributed by atoms with van der Waals surface area (Å²) in [5, 5.41) is 3.85. The Bertz CT molecular complexity index is 849. The zero-order valence-electron chi connectivity index (χ0n) is 17.3. The van der Waals surface area contributed by atoms with Crippen LogP contribution in [0.2, 0.25) is 10.0 Å². The summed E-state index contributed by atoms with van der Waals surface area (Å²) in [5.74, 6) is -0.376. The maximum absolute atomic E-state index is 13.2. The Morgan fingerprint density at radius 3 is 2.28 bits per heavy atom. The molecule has 0 aliphatic heterocycles. The van der Waals surface area contributed by atoms with E-state index >= 15 is 0 Å². The Morgan fingerprint density at radius 2 is 1.69 bits per heavy atom. The van der Waals surface area contributed by atoms with Gasteiger partial charge >= 0.3 is 0 Å². The van der Waals surface area contributed by atoms with Crippen LogP contribution in [0.25, 0.3) is 0 Å². The second-order valence-corrected chi connectivity index (χ2v) is 8.20. The first-order valence-electron chi connectivity index (χ1n) is 9.81. The van der Waals surface area contributed by atoms with Crippen LogP contribution in [0.1, 0.15) is 43.9 Å². The molecule has 0 heterocycles. The molecule has 6 heteroatoms. The van der Waals surface area contributed by atoms with Gasteiger partial charge in [-0.1, -0.05) is 66.0 Å². The Morgan fingerprint density at radius 1 is 1.07 bits per heavy atom. The van der Waals surface area contributed by atoms with Crippen LogP contribution in [0.15, 0.2) is 42.5 Å². The minimum Gasteiger partial charge on any atom is -0.352 e. The predicted molar refractivity (Wildman–Crippen MR) is 119 cm³/mol. The number of rotatable bonds is 8. The molecule has 4 nitrogen and oxygen atoms in total. The molecule has 29 heavy (non-hydrogen) atoms. The van der Waals surface area contributed by atoms with Crippen molar-refractivity contribution in [1.29, 1.82) is 0 Å². The van der Waals surface area contributed by atoms with Gasteiger partial charge in [-0.05, 0) is 50.5 Å². The first-order valence-corrected chi connectivity index (χ1v) is 10.6. The van der Waals surface area contributed by atoms with Gasteiger partial charge in [-0.15, -0.1) is 0 Å². The van der Waals surface area contributed by atoms with Crippen molar-refractivity contribution in [3.63, 3.8) is 0 Å². The lowest BCUT2D eigenvalue weighted by atomic mass is 10.1. The average molecular weight is 435 g/mol. The number of halogens is 2. The molecule has 2 amide bonds. The smallest absolute Gasteiger partial charge is 0.242 e. The van der Waals surface area contributed by atoms with E-state index in [0.29, 0.717) is 22.2 Å². The van der Waals surface area contributed by atoms with Crippen molar-refractivity contribution < 1.29 is 9.59 Å². The van der Waals surface area contributed by atoms with Crippen molar-refractivity contribution in [1.82, 2.24) is 10.2 Å². The van der Waals surface area contributed by atoms with Crippen LogP contribution < -0.4 is 5.32 Å². The summed E-state index contributed by atoms with van der Waals surface area (Å²) >= 11 is 12.5. The molecule has 2 rings (SSSR count). The van der Waals surface area contributed by atoms with Crippen LogP contribution in [0.4, 0.5) is 0 Å². The maximum Gasteiger partial charge on any atom is 0.242 e.